The summed E-state index contributed by atoms with van der Waals surface area (Å²) >= 11 is 0. The van der Waals surface area contributed by atoms with E-state index in [-0.39, 0.29) is 22.9 Å². The van der Waals surface area contributed by atoms with Gasteiger partial charge >= 0.3 is 0 Å². The lowest BCUT2D eigenvalue weighted by Crippen LogP contribution is -2.35. The van der Waals surface area contributed by atoms with Crippen molar-refractivity contribution in [1.29, 1.82) is 0 Å². The van der Waals surface area contributed by atoms with Crippen LogP contribution in [0.3, 0.4) is 0 Å². The molecule has 152 valence electrons. The van der Waals surface area contributed by atoms with Crippen molar-refractivity contribution in [2.75, 3.05) is 18.9 Å². The van der Waals surface area contributed by atoms with Crippen molar-refractivity contribution in [2.45, 2.75) is 18.7 Å². The largest absolute Gasteiger partial charge is 0.455 e. The lowest BCUT2D eigenvalue weighted by Gasteiger charge is -2.17. The predicted octanol–water partition coefficient (Wildman–Crippen LogP) is 3.34. The van der Waals surface area contributed by atoms with Crippen LogP contribution in [-0.4, -0.2) is 37.4 Å². The number of hydrogen-bond acceptors (Lipinski definition) is 6. The molecule has 1 N–H and O–H groups in total. The maximum absolute atomic E-state index is 12.8. The van der Waals surface area contributed by atoms with E-state index >= 15 is 0 Å². The lowest BCUT2D eigenvalue weighted by atomic mass is 10.3. The summed E-state index contributed by atoms with van der Waals surface area (Å²) in [5.74, 6) is 0.735. The number of carbonyl (C=O) groups excluding carboxylic acids is 1. The summed E-state index contributed by atoms with van der Waals surface area (Å²) in [6.45, 7) is 2.67. The number of carbonyl (C=O) groups is 1. The van der Waals surface area contributed by atoms with Crippen molar-refractivity contribution in [3.05, 3.63) is 66.1 Å². The number of para-hydroxylation sites is 3. The van der Waals surface area contributed by atoms with Crippen LogP contribution in [0.1, 0.15) is 11.5 Å². The van der Waals surface area contributed by atoms with Crippen molar-refractivity contribution in [3.8, 4) is 11.5 Å². The first-order valence-corrected chi connectivity index (χ1v) is 10.2. The Hall–Kier alpha value is -3.17. The first kappa shape index (κ1) is 20.6. The van der Waals surface area contributed by atoms with Crippen molar-refractivity contribution in [2.24, 2.45) is 0 Å². The molecule has 0 fully saturated rings. The van der Waals surface area contributed by atoms with Crippen LogP contribution >= 0.6 is 0 Å². The number of amides is 1. The fourth-order valence-corrected chi connectivity index (χ4v) is 4.16. The SMILES string of the molecule is Cc1noc(C)c1S(=O)(=O)N(C)CC(=O)Nc1ccccc1Oc1ccccc1. The van der Waals surface area contributed by atoms with Crippen molar-refractivity contribution in [3.63, 3.8) is 0 Å². The molecular weight excluding hydrogens is 394 g/mol. The number of aryl methyl sites for hydroxylation is 2. The lowest BCUT2D eigenvalue weighted by molar-refractivity contribution is -0.116. The molecule has 0 saturated carbocycles. The molecule has 0 bridgehead atoms. The average molecular weight is 415 g/mol. The quantitative estimate of drug-likeness (QED) is 0.635. The Kier molecular flexibility index (Phi) is 6.00. The standard InChI is InChI=1S/C20H21N3O5S/c1-14-20(15(2)28-22-14)29(25,26)23(3)13-19(24)21-17-11-7-8-12-18(17)27-16-9-5-4-6-10-16/h4-12H,13H2,1-3H3,(H,21,24). The number of benzene rings is 2. The van der Waals surface area contributed by atoms with E-state index in [9.17, 15) is 13.2 Å². The number of nitrogens with one attached hydrogen (secondary N) is 1. The van der Waals surface area contributed by atoms with Gasteiger partial charge in [0.05, 0.1) is 12.2 Å². The number of ether oxygens (including phenoxy) is 1. The highest BCUT2D eigenvalue weighted by Gasteiger charge is 2.29. The van der Waals surface area contributed by atoms with Gasteiger partial charge in [0.15, 0.2) is 11.5 Å². The van der Waals surface area contributed by atoms with E-state index in [4.69, 9.17) is 9.26 Å². The van der Waals surface area contributed by atoms with Gasteiger partial charge in [-0.15, -0.1) is 0 Å². The molecular formula is C20H21N3O5S. The number of likely N-dealkylation sites (N-methyl/N-ethyl adjacent to an activating group) is 1. The number of anilines is 1. The fourth-order valence-electron chi connectivity index (χ4n) is 2.75. The number of nitrogens with zero attached hydrogens (tertiary/aromatic N) is 2. The number of aromatic nitrogens is 1. The van der Waals surface area contributed by atoms with Crippen molar-refractivity contribution < 1.29 is 22.5 Å². The zero-order valence-corrected chi connectivity index (χ0v) is 17.1. The van der Waals surface area contributed by atoms with Crippen molar-refractivity contribution in [1.82, 2.24) is 9.46 Å². The van der Waals surface area contributed by atoms with E-state index in [0.29, 0.717) is 17.2 Å². The van der Waals surface area contributed by atoms with E-state index in [1.165, 1.54) is 20.9 Å². The van der Waals surface area contributed by atoms with Crippen LogP contribution in [0.4, 0.5) is 5.69 Å². The normalized spacial score (nSPS) is 11.4. The van der Waals surface area contributed by atoms with Crippen molar-refractivity contribution >= 4 is 21.6 Å². The Morgan fingerprint density at radius 1 is 1.10 bits per heavy atom. The highest BCUT2D eigenvalue weighted by molar-refractivity contribution is 7.89. The Morgan fingerprint density at radius 3 is 2.41 bits per heavy atom. The van der Waals surface area contributed by atoms with Crippen LogP contribution in [0, 0.1) is 13.8 Å². The summed E-state index contributed by atoms with van der Waals surface area (Å²) in [6.07, 6.45) is 0. The second-order valence-electron chi connectivity index (χ2n) is 6.37. The molecule has 0 atom stereocenters. The summed E-state index contributed by atoms with van der Waals surface area (Å²) in [6, 6.07) is 16.1. The number of hydrogen-bond donors (Lipinski definition) is 1. The van der Waals surface area contributed by atoms with Crippen LogP contribution in [0.15, 0.2) is 64.0 Å². The zero-order chi connectivity index (χ0) is 21.0. The minimum Gasteiger partial charge on any atom is -0.455 e. The van der Waals surface area contributed by atoms with Crippen LogP contribution in [-0.2, 0) is 14.8 Å². The summed E-state index contributed by atoms with van der Waals surface area (Å²) in [4.78, 5) is 12.5. The summed E-state index contributed by atoms with van der Waals surface area (Å²) in [5.41, 5.74) is 0.681. The van der Waals surface area contributed by atoms with Gasteiger partial charge in [-0.3, -0.25) is 4.79 Å². The first-order valence-electron chi connectivity index (χ1n) is 8.80. The summed E-state index contributed by atoms with van der Waals surface area (Å²) in [7, 11) is -2.59. The van der Waals surface area contributed by atoms with Crippen LogP contribution < -0.4 is 10.1 Å². The molecule has 0 saturated heterocycles. The summed E-state index contributed by atoms with van der Waals surface area (Å²) < 4.78 is 37.2. The molecule has 3 rings (SSSR count). The Balaban J connectivity index is 1.73. The molecule has 29 heavy (non-hydrogen) atoms. The van der Waals surface area contributed by atoms with Gasteiger partial charge in [-0.2, -0.15) is 4.31 Å². The van der Waals surface area contributed by atoms with E-state index in [0.717, 1.165) is 4.31 Å². The monoisotopic (exact) mass is 415 g/mol. The van der Waals surface area contributed by atoms with E-state index in [2.05, 4.69) is 10.5 Å². The Morgan fingerprint density at radius 2 is 1.76 bits per heavy atom. The third-order valence-electron chi connectivity index (χ3n) is 4.13. The number of rotatable bonds is 7. The maximum Gasteiger partial charge on any atom is 0.248 e. The molecule has 9 heteroatoms. The van der Waals surface area contributed by atoms with Gasteiger partial charge in [0.1, 0.15) is 16.3 Å². The zero-order valence-electron chi connectivity index (χ0n) is 16.2. The predicted molar refractivity (Wildman–Crippen MR) is 107 cm³/mol. The Bertz CT molecular complexity index is 1090. The van der Waals surface area contributed by atoms with Gasteiger partial charge in [0.25, 0.3) is 0 Å². The summed E-state index contributed by atoms with van der Waals surface area (Å²) in [5, 5.41) is 6.36. The molecule has 3 aromatic rings. The molecule has 2 aromatic carbocycles. The molecule has 0 radical (unpaired) electrons. The van der Waals surface area contributed by atoms with Gasteiger partial charge < -0.3 is 14.6 Å². The second-order valence-corrected chi connectivity index (χ2v) is 8.36. The molecule has 1 amide bonds. The molecule has 0 aliphatic heterocycles. The third-order valence-corrected chi connectivity index (χ3v) is 6.18. The molecule has 8 nitrogen and oxygen atoms in total. The Labute approximate surface area is 169 Å². The highest BCUT2D eigenvalue weighted by atomic mass is 32.2. The van der Waals surface area contributed by atoms with Gasteiger partial charge in [0, 0.05) is 7.05 Å². The van der Waals surface area contributed by atoms with Crippen LogP contribution in [0.25, 0.3) is 0 Å². The fraction of sp³-hybridized carbons (Fsp3) is 0.200. The molecule has 1 aromatic heterocycles. The minimum absolute atomic E-state index is 0.0272. The van der Waals surface area contributed by atoms with Gasteiger partial charge in [-0.25, -0.2) is 8.42 Å². The molecule has 0 unspecified atom stereocenters. The van der Waals surface area contributed by atoms with Crippen LogP contribution in [0.2, 0.25) is 0 Å². The van der Waals surface area contributed by atoms with E-state index in [1.54, 1.807) is 36.4 Å². The number of sulfonamides is 1. The molecule has 0 spiro atoms. The van der Waals surface area contributed by atoms with Gasteiger partial charge in [-0.05, 0) is 38.1 Å². The van der Waals surface area contributed by atoms with E-state index < -0.39 is 15.9 Å². The highest BCUT2D eigenvalue weighted by Crippen LogP contribution is 2.29. The maximum atomic E-state index is 12.8. The topological polar surface area (TPSA) is 102 Å². The smallest absolute Gasteiger partial charge is 0.248 e. The molecule has 1 heterocycles. The molecule has 0 aliphatic rings. The third kappa shape index (κ3) is 4.64. The van der Waals surface area contributed by atoms with Gasteiger partial charge in [-0.1, -0.05) is 35.5 Å². The van der Waals surface area contributed by atoms with Gasteiger partial charge in [0.2, 0.25) is 15.9 Å². The first-order chi connectivity index (χ1) is 13.8. The second kappa shape index (κ2) is 8.46. The minimum atomic E-state index is -3.92. The van der Waals surface area contributed by atoms with E-state index in [1.807, 2.05) is 18.2 Å². The molecule has 0 aliphatic carbocycles. The van der Waals surface area contributed by atoms with Crippen LogP contribution in [0.5, 0.6) is 11.5 Å². The average Bonchev–Trinajstić information content (AvgIpc) is 3.03.